The fourth-order valence-corrected chi connectivity index (χ4v) is 1.82. The van der Waals surface area contributed by atoms with Crippen molar-refractivity contribution in [3.63, 3.8) is 0 Å². The van der Waals surface area contributed by atoms with Crippen LogP contribution in [0.1, 0.15) is 33.6 Å². The van der Waals surface area contributed by atoms with Crippen LogP contribution < -0.4 is 5.32 Å². The van der Waals surface area contributed by atoms with Crippen molar-refractivity contribution in [3.8, 4) is 0 Å². The van der Waals surface area contributed by atoms with E-state index in [-0.39, 0.29) is 11.8 Å². The van der Waals surface area contributed by atoms with Gasteiger partial charge >= 0.3 is 0 Å². The Kier molecular flexibility index (Phi) is 2.22. The molecule has 1 heterocycles. The van der Waals surface area contributed by atoms with Crippen LogP contribution in [-0.2, 0) is 9.59 Å². The monoisotopic (exact) mass is 169 g/mol. The van der Waals surface area contributed by atoms with Crippen molar-refractivity contribution in [2.75, 3.05) is 0 Å². The summed E-state index contributed by atoms with van der Waals surface area (Å²) in [6.45, 7) is 5.97. The van der Waals surface area contributed by atoms with Crippen LogP contribution in [0.5, 0.6) is 0 Å². The summed E-state index contributed by atoms with van der Waals surface area (Å²) < 4.78 is 0. The average molecular weight is 169 g/mol. The first-order valence-electron chi connectivity index (χ1n) is 4.28. The van der Waals surface area contributed by atoms with Gasteiger partial charge in [-0.05, 0) is 12.3 Å². The largest absolute Gasteiger partial charge is 0.296 e. The summed E-state index contributed by atoms with van der Waals surface area (Å²) in [6, 6.07) is 0. The van der Waals surface area contributed by atoms with Gasteiger partial charge in [0.05, 0.1) is 5.41 Å². The van der Waals surface area contributed by atoms with Crippen LogP contribution in [-0.4, -0.2) is 11.8 Å². The first kappa shape index (κ1) is 9.23. The summed E-state index contributed by atoms with van der Waals surface area (Å²) in [5, 5.41) is 2.33. The predicted octanol–water partition coefficient (Wildman–Crippen LogP) is 1.09. The van der Waals surface area contributed by atoms with Crippen molar-refractivity contribution in [1.29, 1.82) is 0 Å². The summed E-state index contributed by atoms with van der Waals surface area (Å²) in [6.07, 6.45) is 1.13. The van der Waals surface area contributed by atoms with Crippen LogP contribution in [0.3, 0.4) is 0 Å². The van der Waals surface area contributed by atoms with E-state index in [2.05, 4.69) is 19.2 Å². The van der Waals surface area contributed by atoms with E-state index in [4.69, 9.17) is 0 Å². The molecular weight excluding hydrogens is 154 g/mol. The van der Waals surface area contributed by atoms with Crippen molar-refractivity contribution in [2.24, 2.45) is 11.3 Å². The van der Waals surface area contributed by atoms with Crippen LogP contribution in [0.4, 0.5) is 0 Å². The number of rotatable bonds is 2. The van der Waals surface area contributed by atoms with Crippen LogP contribution in [0.15, 0.2) is 0 Å². The highest BCUT2D eigenvalue weighted by Crippen LogP contribution is 2.33. The van der Waals surface area contributed by atoms with E-state index in [1.54, 1.807) is 0 Å². The Hall–Kier alpha value is -0.860. The van der Waals surface area contributed by atoms with Gasteiger partial charge in [-0.3, -0.25) is 14.9 Å². The highest BCUT2D eigenvalue weighted by molar-refractivity contribution is 6.05. The lowest BCUT2D eigenvalue weighted by atomic mass is 9.81. The number of carbonyl (C=O) groups is 2. The Morgan fingerprint density at radius 1 is 1.50 bits per heavy atom. The standard InChI is InChI=1S/C9H15NO2/c1-6(2)4-9(3)5-7(11)10-8(9)12/h6H,4-5H2,1-3H3,(H,10,11,12)/t9-/m0/s1. The maximum Gasteiger partial charge on any atom is 0.233 e. The van der Waals surface area contributed by atoms with E-state index in [0.717, 1.165) is 6.42 Å². The molecule has 3 heteroatoms. The molecule has 0 spiro atoms. The minimum absolute atomic E-state index is 0.110. The van der Waals surface area contributed by atoms with Gasteiger partial charge in [0.1, 0.15) is 0 Å². The second-order valence-corrected chi connectivity index (χ2v) is 4.21. The number of imide groups is 1. The van der Waals surface area contributed by atoms with Crippen molar-refractivity contribution in [2.45, 2.75) is 33.6 Å². The lowest BCUT2D eigenvalue weighted by Crippen LogP contribution is -2.30. The zero-order valence-electron chi connectivity index (χ0n) is 7.81. The van der Waals surface area contributed by atoms with Crippen molar-refractivity contribution >= 4 is 11.8 Å². The Morgan fingerprint density at radius 3 is 2.42 bits per heavy atom. The zero-order chi connectivity index (χ0) is 9.35. The molecule has 1 aliphatic rings. The van der Waals surface area contributed by atoms with Gasteiger partial charge < -0.3 is 0 Å². The van der Waals surface area contributed by atoms with E-state index in [1.807, 2.05) is 6.92 Å². The van der Waals surface area contributed by atoms with Gasteiger partial charge in [0.25, 0.3) is 0 Å². The molecule has 1 aliphatic heterocycles. The fourth-order valence-electron chi connectivity index (χ4n) is 1.82. The second kappa shape index (κ2) is 2.88. The van der Waals surface area contributed by atoms with Crippen LogP contribution >= 0.6 is 0 Å². The third kappa shape index (κ3) is 1.65. The lowest BCUT2D eigenvalue weighted by Gasteiger charge is -2.21. The van der Waals surface area contributed by atoms with Crippen LogP contribution in [0, 0.1) is 11.3 Å². The molecule has 1 saturated heterocycles. The molecule has 2 amide bonds. The van der Waals surface area contributed by atoms with E-state index >= 15 is 0 Å². The first-order chi connectivity index (χ1) is 5.44. The summed E-state index contributed by atoms with van der Waals surface area (Å²) in [4.78, 5) is 22.2. The third-order valence-corrected chi connectivity index (χ3v) is 2.21. The third-order valence-electron chi connectivity index (χ3n) is 2.21. The summed E-state index contributed by atoms with van der Waals surface area (Å²) in [5.41, 5.74) is -0.453. The number of amides is 2. The molecule has 0 aromatic rings. The minimum atomic E-state index is -0.453. The van der Waals surface area contributed by atoms with Gasteiger partial charge in [-0.2, -0.15) is 0 Å². The summed E-state index contributed by atoms with van der Waals surface area (Å²) >= 11 is 0. The van der Waals surface area contributed by atoms with Gasteiger partial charge in [-0.1, -0.05) is 20.8 Å². The number of carbonyl (C=O) groups excluding carboxylic acids is 2. The highest BCUT2D eigenvalue weighted by Gasteiger charge is 2.42. The Morgan fingerprint density at radius 2 is 2.08 bits per heavy atom. The fraction of sp³-hybridized carbons (Fsp3) is 0.778. The molecule has 0 unspecified atom stereocenters. The molecule has 1 fully saturated rings. The van der Waals surface area contributed by atoms with E-state index in [1.165, 1.54) is 0 Å². The van der Waals surface area contributed by atoms with E-state index in [0.29, 0.717) is 12.3 Å². The average Bonchev–Trinajstić information content (AvgIpc) is 2.04. The predicted molar refractivity (Wildman–Crippen MR) is 45.3 cm³/mol. The summed E-state index contributed by atoms with van der Waals surface area (Å²) in [5.74, 6) is 0.205. The molecule has 12 heavy (non-hydrogen) atoms. The number of hydrogen-bond acceptors (Lipinski definition) is 2. The number of hydrogen-bond donors (Lipinski definition) is 1. The SMILES string of the molecule is CC(C)C[C@@]1(C)CC(=O)NC1=O. The van der Waals surface area contributed by atoms with Gasteiger partial charge in [0.15, 0.2) is 0 Å². The molecule has 0 radical (unpaired) electrons. The maximum atomic E-state index is 11.3. The Labute approximate surface area is 72.5 Å². The molecule has 0 saturated carbocycles. The topological polar surface area (TPSA) is 46.2 Å². The van der Waals surface area contributed by atoms with Gasteiger partial charge in [-0.15, -0.1) is 0 Å². The normalized spacial score (nSPS) is 29.7. The molecule has 0 aromatic carbocycles. The first-order valence-corrected chi connectivity index (χ1v) is 4.28. The Balaban J connectivity index is 2.71. The quantitative estimate of drug-likeness (QED) is 0.629. The van der Waals surface area contributed by atoms with Crippen LogP contribution in [0.25, 0.3) is 0 Å². The van der Waals surface area contributed by atoms with E-state index < -0.39 is 5.41 Å². The smallest absolute Gasteiger partial charge is 0.233 e. The maximum absolute atomic E-state index is 11.3. The van der Waals surface area contributed by atoms with Crippen molar-refractivity contribution in [1.82, 2.24) is 5.32 Å². The van der Waals surface area contributed by atoms with Gasteiger partial charge in [0, 0.05) is 6.42 Å². The Bertz CT molecular complexity index is 223. The molecule has 1 rings (SSSR count). The summed E-state index contributed by atoms with van der Waals surface area (Å²) in [7, 11) is 0. The molecule has 0 aromatic heterocycles. The zero-order valence-corrected chi connectivity index (χ0v) is 7.81. The van der Waals surface area contributed by atoms with E-state index in [9.17, 15) is 9.59 Å². The minimum Gasteiger partial charge on any atom is -0.296 e. The number of nitrogens with one attached hydrogen (secondary N) is 1. The molecule has 1 N–H and O–H groups in total. The van der Waals surface area contributed by atoms with Crippen LogP contribution in [0.2, 0.25) is 0 Å². The molecule has 68 valence electrons. The highest BCUT2D eigenvalue weighted by atomic mass is 16.2. The molecule has 3 nitrogen and oxygen atoms in total. The van der Waals surface area contributed by atoms with Gasteiger partial charge in [0.2, 0.25) is 11.8 Å². The van der Waals surface area contributed by atoms with Crippen molar-refractivity contribution in [3.05, 3.63) is 0 Å². The lowest BCUT2D eigenvalue weighted by molar-refractivity contribution is -0.128. The molecule has 0 aliphatic carbocycles. The van der Waals surface area contributed by atoms with Crippen molar-refractivity contribution < 1.29 is 9.59 Å². The molecular formula is C9H15NO2. The molecule has 1 atom stereocenters. The molecule has 0 bridgehead atoms. The second-order valence-electron chi connectivity index (χ2n) is 4.21. The van der Waals surface area contributed by atoms with Gasteiger partial charge in [-0.25, -0.2) is 0 Å².